The molecule has 0 saturated carbocycles. The van der Waals surface area contributed by atoms with Crippen molar-refractivity contribution in [2.75, 3.05) is 12.4 Å². The van der Waals surface area contributed by atoms with Gasteiger partial charge in [-0.25, -0.2) is 0 Å². The van der Waals surface area contributed by atoms with Crippen LogP contribution >= 0.6 is 27.7 Å². The second kappa shape index (κ2) is 8.99. The molecule has 1 aliphatic heterocycles. The van der Waals surface area contributed by atoms with Gasteiger partial charge in [0.2, 0.25) is 0 Å². The van der Waals surface area contributed by atoms with Gasteiger partial charge in [0.25, 0.3) is 0 Å². The Balaban J connectivity index is 1.81. The summed E-state index contributed by atoms with van der Waals surface area (Å²) in [4.78, 5) is 11.2. The molecule has 1 aliphatic rings. The first-order chi connectivity index (χ1) is 13.0. The van der Waals surface area contributed by atoms with Crippen molar-refractivity contribution in [3.8, 4) is 11.5 Å². The number of hydrogen-bond acceptors (Lipinski definition) is 5. The van der Waals surface area contributed by atoms with Crippen LogP contribution in [0.15, 0.2) is 40.9 Å². The smallest absolute Gasteiger partial charge is 0.321 e. The number of benzene rings is 2. The summed E-state index contributed by atoms with van der Waals surface area (Å²) in [5.74, 6) is 1.01. The Bertz CT molecular complexity index is 830. The van der Waals surface area contributed by atoms with E-state index in [1.165, 1.54) is 5.56 Å². The minimum absolute atomic E-state index is 0.0903. The maximum absolute atomic E-state index is 11.2. The van der Waals surface area contributed by atoms with Gasteiger partial charge in [-0.1, -0.05) is 29.8 Å². The molecule has 2 N–H and O–H groups in total. The third kappa shape index (κ3) is 4.97. The van der Waals surface area contributed by atoms with Crippen LogP contribution in [0.3, 0.4) is 0 Å². The Morgan fingerprint density at radius 2 is 2.15 bits per heavy atom. The molecule has 1 saturated heterocycles. The second-order valence-electron chi connectivity index (χ2n) is 6.31. The first-order valence-electron chi connectivity index (χ1n) is 8.73. The van der Waals surface area contributed by atoms with Crippen LogP contribution < -0.4 is 14.8 Å². The van der Waals surface area contributed by atoms with Crippen molar-refractivity contribution in [2.45, 2.75) is 31.9 Å². The molecule has 0 aliphatic carbocycles. The van der Waals surface area contributed by atoms with Crippen molar-refractivity contribution >= 4 is 33.7 Å². The molecule has 3 rings (SSSR count). The van der Waals surface area contributed by atoms with Gasteiger partial charge in [-0.15, -0.1) is 11.8 Å². The van der Waals surface area contributed by atoms with Crippen LogP contribution in [0.4, 0.5) is 0 Å². The van der Waals surface area contributed by atoms with Crippen molar-refractivity contribution in [3.05, 3.63) is 57.6 Å². The van der Waals surface area contributed by atoms with Crippen LogP contribution in [0.2, 0.25) is 0 Å². The van der Waals surface area contributed by atoms with Crippen LogP contribution in [0.1, 0.15) is 29.0 Å². The monoisotopic (exact) mass is 451 g/mol. The number of carboxylic acids is 1. The molecule has 1 fully saturated rings. The SMILES string of the molecule is CCOc1cc([C@@H]2N[C@H](C(=O)O)CS2)cc(Br)c1OCc1cccc(C)c1. The molecule has 0 radical (unpaired) electrons. The molecule has 1 heterocycles. The molecule has 0 amide bonds. The molecule has 2 atom stereocenters. The number of hydrogen-bond donors (Lipinski definition) is 2. The fourth-order valence-electron chi connectivity index (χ4n) is 2.91. The summed E-state index contributed by atoms with van der Waals surface area (Å²) < 4.78 is 12.6. The Labute approximate surface area is 171 Å². The van der Waals surface area contributed by atoms with E-state index in [4.69, 9.17) is 9.47 Å². The lowest BCUT2D eigenvalue weighted by molar-refractivity contribution is -0.138. The predicted molar refractivity (Wildman–Crippen MR) is 111 cm³/mol. The standard InChI is InChI=1S/C20H22BrNO4S/c1-3-25-17-9-14(19-22-16(11-27-19)20(23)24)8-15(21)18(17)26-10-13-6-4-5-12(2)7-13/h4-9,16,19,22H,3,10-11H2,1-2H3,(H,23,24)/t16-,19+/m0/s1. The highest BCUT2D eigenvalue weighted by atomic mass is 79.9. The number of nitrogens with one attached hydrogen (secondary N) is 1. The lowest BCUT2D eigenvalue weighted by atomic mass is 10.1. The molecule has 0 aromatic heterocycles. The lowest BCUT2D eigenvalue weighted by Gasteiger charge is -2.18. The van der Waals surface area contributed by atoms with Crippen molar-refractivity contribution in [3.63, 3.8) is 0 Å². The highest BCUT2D eigenvalue weighted by Gasteiger charge is 2.31. The predicted octanol–water partition coefficient (Wildman–Crippen LogP) is 4.52. The van der Waals surface area contributed by atoms with Gasteiger partial charge in [-0.3, -0.25) is 10.1 Å². The third-order valence-corrected chi connectivity index (χ3v) is 6.04. The van der Waals surface area contributed by atoms with Crippen molar-refractivity contribution in [1.82, 2.24) is 5.32 Å². The highest BCUT2D eigenvalue weighted by molar-refractivity contribution is 9.10. The van der Waals surface area contributed by atoms with E-state index in [0.717, 1.165) is 15.6 Å². The quantitative estimate of drug-likeness (QED) is 0.644. The lowest BCUT2D eigenvalue weighted by Crippen LogP contribution is -2.33. The molecule has 0 unspecified atom stereocenters. The van der Waals surface area contributed by atoms with Gasteiger partial charge < -0.3 is 14.6 Å². The third-order valence-electron chi connectivity index (χ3n) is 4.18. The summed E-state index contributed by atoms with van der Waals surface area (Å²) in [5.41, 5.74) is 3.24. The Morgan fingerprint density at radius 3 is 2.81 bits per heavy atom. The minimum Gasteiger partial charge on any atom is -0.490 e. The van der Waals surface area contributed by atoms with Gasteiger partial charge >= 0.3 is 5.97 Å². The molecular weight excluding hydrogens is 430 g/mol. The van der Waals surface area contributed by atoms with Gasteiger partial charge in [0.1, 0.15) is 12.6 Å². The van der Waals surface area contributed by atoms with Crippen LogP contribution in [0.5, 0.6) is 11.5 Å². The number of rotatable bonds is 7. The van der Waals surface area contributed by atoms with Crippen molar-refractivity contribution in [1.29, 1.82) is 0 Å². The Morgan fingerprint density at radius 1 is 1.33 bits per heavy atom. The zero-order valence-electron chi connectivity index (χ0n) is 15.2. The molecule has 144 valence electrons. The normalized spacial score (nSPS) is 19.1. The topological polar surface area (TPSA) is 67.8 Å². The largest absolute Gasteiger partial charge is 0.490 e. The number of carboxylic acid groups (broad SMARTS) is 1. The molecule has 0 spiro atoms. The highest BCUT2D eigenvalue weighted by Crippen LogP contribution is 2.42. The number of ether oxygens (including phenoxy) is 2. The van der Waals surface area contributed by atoms with E-state index < -0.39 is 12.0 Å². The number of aryl methyl sites for hydroxylation is 1. The van der Waals surface area contributed by atoms with E-state index in [2.05, 4.69) is 40.3 Å². The average Bonchev–Trinajstić information content (AvgIpc) is 3.11. The summed E-state index contributed by atoms with van der Waals surface area (Å²) >= 11 is 5.16. The first-order valence-corrected chi connectivity index (χ1v) is 10.6. The molecular formula is C20H22BrNO4S. The van der Waals surface area contributed by atoms with Gasteiger partial charge in [0.05, 0.1) is 16.5 Å². The molecule has 7 heteroatoms. The van der Waals surface area contributed by atoms with Crippen molar-refractivity contribution < 1.29 is 19.4 Å². The molecule has 5 nitrogen and oxygen atoms in total. The zero-order chi connectivity index (χ0) is 19.4. The van der Waals surface area contributed by atoms with Crippen LogP contribution in [-0.2, 0) is 11.4 Å². The number of aliphatic carboxylic acids is 1. The molecule has 2 aromatic rings. The van der Waals surface area contributed by atoms with Crippen LogP contribution in [0, 0.1) is 6.92 Å². The van der Waals surface area contributed by atoms with E-state index in [9.17, 15) is 9.90 Å². The maximum atomic E-state index is 11.2. The summed E-state index contributed by atoms with van der Waals surface area (Å²) in [6, 6.07) is 11.5. The van der Waals surface area contributed by atoms with Gasteiger partial charge in [-0.05, 0) is 53.0 Å². The number of halogens is 1. The summed E-state index contributed by atoms with van der Waals surface area (Å²) in [7, 11) is 0. The van der Waals surface area contributed by atoms with E-state index in [0.29, 0.717) is 30.5 Å². The van der Waals surface area contributed by atoms with Crippen LogP contribution in [0.25, 0.3) is 0 Å². The maximum Gasteiger partial charge on any atom is 0.321 e. The van der Waals surface area contributed by atoms with E-state index >= 15 is 0 Å². The van der Waals surface area contributed by atoms with E-state index in [1.54, 1.807) is 11.8 Å². The minimum atomic E-state index is -0.827. The molecule has 2 aromatic carbocycles. The fraction of sp³-hybridized carbons (Fsp3) is 0.350. The first kappa shape index (κ1) is 20.0. The zero-order valence-corrected chi connectivity index (χ0v) is 17.6. The van der Waals surface area contributed by atoms with E-state index in [-0.39, 0.29) is 5.37 Å². The Hall–Kier alpha value is -1.70. The van der Waals surface area contributed by atoms with Gasteiger partial charge in [-0.2, -0.15) is 0 Å². The summed E-state index contributed by atoms with van der Waals surface area (Å²) in [5, 5.41) is 12.2. The summed E-state index contributed by atoms with van der Waals surface area (Å²) in [6.45, 7) is 4.93. The Kier molecular flexibility index (Phi) is 6.68. The second-order valence-corrected chi connectivity index (χ2v) is 8.30. The van der Waals surface area contributed by atoms with Gasteiger partial charge in [0, 0.05) is 5.75 Å². The average molecular weight is 452 g/mol. The summed E-state index contributed by atoms with van der Waals surface area (Å²) in [6.07, 6.45) is 0. The molecule has 0 bridgehead atoms. The number of carbonyl (C=O) groups is 1. The van der Waals surface area contributed by atoms with Crippen molar-refractivity contribution in [2.24, 2.45) is 0 Å². The van der Waals surface area contributed by atoms with Crippen LogP contribution in [-0.4, -0.2) is 29.5 Å². The fourth-order valence-corrected chi connectivity index (χ4v) is 4.69. The molecule has 27 heavy (non-hydrogen) atoms. The van der Waals surface area contributed by atoms with E-state index in [1.807, 2.05) is 31.2 Å². The number of thioether (sulfide) groups is 1. The van der Waals surface area contributed by atoms with Gasteiger partial charge in [0.15, 0.2) is 11.5 Å².